The topological polar surface area (TPSA) is 45.4 Å². The first kappa shape index (κ1) is 16.2. The lowest BCUT2D eigenvalue weighted by Crippen LogP contribution is -2.57. The van der Waals surface area contributed by atoms with Crippen LogP contribution in [0.4, 0.5) is 5.82 Å². The van der Waals surface area contributed by atoms with Crippen molar-refractivity contribution in [3.05, 3.63) is 23.4 Å². The number of likely N-dealkylation sites (N-methyl/N-ethyl adjacent to an activating group) is 2. The van der Waals surface area contributed by atoms with E-state index in [0.717, 1.165) is 18.8 Å². The average Bonchev–Trinajstić information content (AvgIpc) is 2.32. The lowest BCUT2D eigenvalue weighted by Gasteiger charge is -2.49. The van der Waals surface area contributed by atoms with E-state index in [1.807, 2.05) is 13.1 Å². The summed E-state index contributed by atoms with van der Waals surface area (Å²) in [6.07, 6.45) is 6.77. The second-order valence-corrected chi connectivity index (χ2v) is 6.99. The first-order chi connectivity index (χ1) is 9.84. The van der Waals surface area contributed by atoms with E-state index in [2.05, 4.69) is 48.9 Å². The largest absolute Gasteiger partial charge is 0.358 e. The van der Waals surface area contributed by atoms with Gasteiger partial charge in [-0.05, 0) is 64.8 Å². The van der Waals surface area contributed by atoms with Crippen molar-refractivity contribution in [2.24, 2.45) is 5.73 Å². The quantitative estimate of drug-likeness (QED) is 0.872. The number of hydrogen-bond acceptors (Lipinski definition) is 4. The van der Waals surface area contributed by atoms with E-state index in [4.69, 9.17) is 5.73 Å². The van der Waals surface area contributed by atoms with Crippen LogP contribution in [0, 0.1) is 6.92 Å². The summed E-state index contributed by atoms with van der Waals surface area (Å²) in [6, 6.07) is 2.41. The molecule has 0 radical (unpaired) electrons. The normalized spacial score (nSPS) is 18.4. The molecule has 0 amide bonds. The van der Waals surface area contributed by atoms with Gasteiger partial charge < -0.3 is 15.5 Å². The third-order valence-corrected chi connectivity index (χ3v) is 4.79. The summed E-state index contributed by atoms with van der Waals surface area (Å²) in [6.45, 7) is 5.22. The molecule has 1 aromatic heterocycles. The standard InChI is InChI=1S/C17H30N4/c1-13-9-15(10-14(2)18)11-19-16(13)21(5)12-17(20(3)4)7-6-8-17/h9,11,14H,6-8,10,12,18H2,1-5H3. The zero-order valence-electron chi connectivity index (χ0n) is 14.2. The molecule has 4 heteroatoms. The molecule has 1 unspecified atom stereocenters. The second-order valence-electron chi connectivity index (χ2n) is 6.99. The van der Waals surface area contributed by atoms with Crippen molar-refractivity contribution in [3.63, 3.8) is 0 Å². The smallest absolute Gasteiger partial charge is 0.131 e. The molecule has 0 aromatic carbocycles. The molecule has 1 atom stereocenters. The highest BCUT2D eigenvalue weighted by atomic mass is 15.2. The fraction of sp³-hybridized carbons (Fsp3) is 0.706. The number of rotatable bonds is 6. The van der Waals surface area contributed by atoms with Crippen LogP contribution >= 0.6 is 0 Å². The third-order valence-electron chi connectivity index (χ3n) is 4.79. The number of nitrogens with zero attached hydrogens (tertiary/aromatic N) is 3. The molecule has 0 aliphatic heterocycles. The van der Waals surface area contributed by atoms with Crippen molar-refractivity contribution < 1.29 is 0 Å². The molecule has 1 heterocycles. The molecular weight excluding hydrogens is 260 g/mol. The van der Waals surface area contributed by atoms with Crippen LogP contribution in [0.1, 0.15) is 37.3 Å². The summed E-state index contributed by atoms with van der Waals surface area (Å²) in [7, 11) is 6.54. The van der Waals surface area contributed by atoms with Crippen molar-refractivity contribution >= 4 is 5.82 Å². The van der Waals surface area contributed by atoms with Gasteiger partial charge in [0.2, 0.25) is 0 Å². The molecule has 1 aliphatic rings. The molecule has 1 aliphatic carbocycles. The van der Waals surface area contributed by atoms with Gasteiger partial charge in [0.1, 0.15) is 5.82 Å². The van der Waals surface area contributed by atoms with E-state index < -0.39 is 0 Å². The van der Waals surface area contributed by atoms with Crippen molar-refractivity contribution in [3.8, 4) is 0 Å². The van der Waals surface area contributed by atoms with Gasteiger partial charge in [-0.1, -0.05) is 6.07 Å². The van der Waals surface area contributed by atoms with Gasteiger partial charge >= 0.3 is 0 Å². The second kappa shape index (κ2) is 6.32. The highest BCUT2D eigenvalue weighted by Crippen LogP contribution is 2.37. The van der Waals surface area contributed by atoms with Crippen LogP contribution in [0.2, 0.25) is 0 Å². The molecule has 0 saturated heterocycles. The average molecular weight is 290 g/mol. The lowest BCUT2D eigenvalue weighted by atomic mass is 9.75. The maximum atomic E-state index is 5.87. The Morgan fingerprint density at radius 3 is 2.43 bits per heavy atom. The Kier molecular flexibility index (Phi) is 4.89. The van der Waals surface area contributed by atoms with Crippen LogP contribution in [0.25, 0.3) is 0 Å². The third kappa shape index (κ3) is 3.55. The molecule has 21 heavy (non-hydrogen) atoms. The number of hydrogen-bond donors (Lipinski definition) is 1. The summed E-state index contributed by atoms with van der Waals surface area (Å²) < 4.78 is 0. The number of pyridine rings is 1. The summed E-state index contributed by atoms with van der Waals surface area (Å²) >= 11 is 0. The molecular formula is C17H30N4. The van der Waals surface area contributed by atoms with E-state index >= 15 is 0 Å². The maximum Gasteiger partial charge on any atom is 0.131 e. The van der Waals surface area contributed by atoms with E-state index in [1.54, 1.807) is 0 Å². The molecule has 2 rings (SSSR count). The van der Waals surface area contributed by atoms with Crippen LogP contribution in [0.3, 0.4) is 0 Å². The highest BCUT2D eigenvalue weighted by molar-refractivity contribution is 5.47. The van der Waals surface area contributed by atoms with Crippen LogP contribution < -0.4 is 10.6 Å². The lowest BCUT2D eigenvalue weighted by molar-refractivity contribution is 0.0681. The van der Waals surface area contributed by atoms with Gasteiger partial charge in [-0.25, -0.2) is 4.98 Å². The van der Waals surface area contributed by atoms with Crippen molar-refractivity contribution in [2.75, 3.05) is 32.6 Å². The van der Waals surface area contributed by atoms with Crippen LogP contribution in [-0.4, -0.2) is 49.2 Å². The number of aryl methyl sites for hydroxylation is 1. The monoisotopic (exact) mass is 290 g/mol. The van der Waals surface area contributed by atoms with E-state index in [0.29, 0.717) is 5.54 Å². The Bertz CT molecular complexity index is 478. The van der Waals surface area contributed by atoms with Gasteiger partial charge in [-0.2, -0.15) is 0 Å². The fourth-order valence-electron chi connectivity index (χ4n) is 3.36. The van der Waals surface area contributed by atoms with E-state index in [-0.39, 0.29) is 6.04 Å². The van der Waals surface area contributed by atoms with Gasteiger partial charge in [0.05, 0.1) is 0 Å². The minimum absolute atomic E-state index is 0.182. The molecule has 2 N–H and O–H groups in total. The van der Waals surface area contributed by atoms with Gasteiger partial charge in [0.25, 0.3) is 0 Å². The number of anilines is 1. The SMILES string of the molecule is Cc1cc(CC(C)N)cnc1N(C)CC1(N(C)C)CCC1. The fourth-order valence-corrected chi connectivity index (χ4v) is 3.36. The zero-order chi connectivity index (χ0) is 15.6. The molecule has 1 fully saturated rings. The van der Waals surface area contributed by atoms with Crippen LogP contribution in [0.15, 0.2) is 12.3 Å². The minimum atomic E-state index is 0.182. The van der Waals surface area contributed by atoms with E-state index in [1.165, 1.54) is 30.4 Å². The predicted molar refractivity (Wildman–Crippen MR) is 89.9 cm³/mol. The van der Waals surface area contributed by atoms with Gasteiger partial charge in [-0.3, -0.25) is 0 Å². The molecule has 1 saturated carbocycles. The summed E-state index contributed by atoms with van der Waals surface area (Å²) in [4.78, 5) is 9.38. The summed E-state index contributed by atoms with van der Waals surface area (Å²) in [5.41, 5.74) is 8.66. The molecule has 118 valence electrons. The Morgan fingerprint density at radius 2 is 2.00 bits per heavy atom. The minimum Gasteiger partial charge on any atom is -0.358 e. The Balaban J connectivity index is 2.10. The molecule has 4 nitrogen and oxygen atoms in total. The van der Waals surface area contributed by atoms with Crippen LogP contribution in [0.5, 0.6) is 0 Å². The van der Waals surface area contributed by atoms with E-state index in [9.17, 15) is 0 Å². The van der Waals surface area contributed by atoms with Gasteiger partial charge in [-0.15, -0.1) is 0 Å². The van der Waals surface area contributed by atoms with Crippen molar-refractivity contribution in [2.45, 2.75) is 51.1 Å². The Labute approximate surface area is 129 Å². The number of aromatic nitrogens is 1. The number of nitrogens with two attached hydrogens (primary N) is 1. The van der Waals surface area contributed by atoms with Crippen molar-refractivity contribution in [1.29, 1.82) is 0 Å². The van der Waals surface area contributed by atoms with Gasteiger partial charge in [0.15, 0.2) is 0 Å². The summed E-state index contributed by atoms with van der Waals surface area (Å²) in [5.74, 6) is 1.09. The molecule has 1 aromatic rings. The first-order valence-electron chi connectivity index (χ1n) is 7.94. The van der Waals surface area contributed by atoms with Crippen LogP contribution in [-0.2, 0) is 6.42 Å². The zero-order valence-corrected chi connectivity index (χ0v) is 14.2. The first-order valence-corrected chi connectivity index (χ1v) is 7.94. The van der Waals surface area contributed by atoms with Crippen molar-refractivity contribution in [1.82, 2.24) is 9.88 Å². The maximum absolute atomic E-state index is 5.87. The Morgan fingerprint density at radius 1 is 1.33 bits per heavy atom. The highest BCUT2D eigenvalue weighted by Gasteiger charge is 2.40. The predicted octanol–water partition coefficient (Wildman–Crippen LogP) is 2.20. The summed E-state index contributed by atoms with van der Waals surface area (Å²) in [5, 5.41) is 0. The molecule has 0 spiro atoms. The molecule has 0 bridgehead atoms. The van der Waals surface area contributed by atoms with Gasteiger partial charge in [0, 0.05) is 31.4 Å². The Hall–Kier alpha value is -1.13.